The van der Waals surface area contributed by atoms with Gasteiger partial charge in [-0.15, -0.1) is 0 Å². The molecule has 0 aliphatic heterocycles. The van der Waals surface area contributed by atoms with E-state index in [1.54, 1.807) is 0 Å². The lowest BCUT2D eigenvalue weighted by Crippen LogP contribution is -2.18. The minimum Gasteiger partial charge on any atom is -0.399 e. The molecule has 0 aliphatic carbocycles. The topological polar surface area (TPSA) is 43.8 Å². The lowest BCUT2D eigenvalue weighted by atomic mass is 9.96. The van der Waals surface area contributed by atoms with Crippen LogP contribution in [0.3, 0.4) is 0 Å². The number of nitrogens with zero attached hydrogens (tertiary/aromatic N) is 2. The Hall–Kier alpha value is -1.51. The number of fused-ring (bicyclic) bond motifs is 1. The van der Waals surface area contributed by atoms with Gasteiger partial charge in [0, 0.05) is 18.2 Å². The maximum atomic E-state index is 5.84. The summed E-state index contributed by atoms with van der Waals surface area (Å²) in [6.45, 7) is 12.1. The van der Waals surface area contributed by atoms with Gasteiger partial charge < -0.3 is 10.3 Å². The lowest BCUT2D eigenvalue weighted by Gasteiger charge is -2.22. The van der Waals surface area contributed by atoms with Crippen molar-refractivity contribution in [3.05, 3.63) is 24.0 Å². The summed E-state index contributed by atoms with van der Waals surface area (Å²) in [7, 11) is 0. The molecule has 3 nitrogen and oxygen atoms in total. The van der Waals surface area contributed by atoms with E-state index in [0.717, 1.165) is 23.6 Å². The molecule has 0 amide bonds. The first-order chi connectivity index (χ1) is 8.28. The van der Waals surface area contributed by atoms with Crippen molar-refractivity contribution >= 4 is 16.7 Å². The van der Waals surface area contributed by atoms with Gasteiger partial charge in [0.05, 0.1) is 11.0 Å². The molecular formula is C15H23N3. The van der Waals surface area contributed by atoms with E-state index in [9.17, 15) is 0 Å². The van der Waals surface area contributed by atoms with Crippen LogP contribution in [0.1, 0.15) is 46.4 Å². The van der Waals surface area contributed by atoms with Gasteiger partial charge in [0.2, 0.25) is 0 Å². The van der Waals surface area contributed by atoms with E-state index < -0.39 is 0 Å². The molecule has 0 fully saturated rings. The van der Waals surface area contributed by atoms with Crippen molar-refractivity contribution in [2.75, 3.05) is 5.73 Å². The highest BCUT2D eigenvalue weighted by Gasteiger charge is 2.19. The Morgan fingerprint density at radius 3 is 2.50 bits per heavy atom. The van der Waals surface area contributed by atoms with Gasteiger partial charge in [0.15, 0.2) is 0 Å². The number of rotatable bonds is 2. The molecule has 0 spiro atoms. The van der Waals surface area contributed by atoms with Gasteiger partial charge in [-0.1, -0.05) is 34.6 Å². The van der Waals surface area contributed by atoms with Gasteiger partial charge >= 0.3 is 0 Å². The first-order valence-corrected chi connectivity index (χ1v) is 6.53. The van der Waals surface area contributed by atoms with Crippen LogP contribution in [0.15, 0.2) is 18.2 Å². The first-order valence-electron chi connectivity index (χ1n) is 6.53. The van der Waals surface area contributed by atoms with Crippen molar-refractivity contribution in [2.45, 2.75) is 47.1 Å². The standard InChI is InChI=1S/C15H23N3/c1-10(2)14-17-12-8-11(16)6-7-13(12)18(14)9-15(3,4)5/h6-8,10H,9,16H2,1-5H3. The SMILES string of the molecule is CC(C)c1nc2cc(N)ccc2n1CC(C)(C)C. The Balaban J connectivity index is 2.63. The number of hydrogen-bond donors (Lipinski definition) is 1. The first kappa shape index (κ1) is 12.9. The second-order valence-corrected chi connectivity index (χ2v) is 6.52. The summed E-state index contributed by atoms with van der Waals surface area (Å²) in [6, 6.07) is 5.99. The van der Waals surface area contributed by atoms with Crippen LogP contribution < -0.4 is 5.73 Å². The zero-order valence-corrected chi connectivity index (χ0v) is 12.0. The van der Waals surface area contributed by atoms with Crippen molar-refractivity contribution < 1.29 is 0 Å². The van der Waals surface area contributed by atoms with E-state index in [2.05, 4.69) is 45.3 Å². The van der Waals surface area contributed by atoms with Crippen molar-refractivity contribution in [1.82, 2.24) is 9.55 Å². The van der Waals surface area contributed by atoms with Gasteiger partial charge in [-0.3, -0.25) is 0 Å². The number of imidazole rings is 1. The zero-order chi connectivity index (χ0) is 13.5. The maximum absolute atomic E-state index is 5.84. The minimum atomic E-state index is 0.235. The Bertz CT molecular complexity index is 559. The van der Waals surface area contributed by atoms with Crippen LogP contribution in [-0.4, -0.2) is 9.55 Å². The normalized spacial score (nSPS) is 12.6. The molecular weight excluding hydrogens is 222 g/mol. The molecule has 0 radical (unpaired) electrons. The fraction of sp³-hybridized carbons (Fsp3) is 0.533. The fourth-order valence-electron chi connectivity index (χ4n) is 2.25. The summed E-state index contributed by atoms with van der Waals surface area (Å²) in [5.41, 5.74) is 9.03. The minimum absolute atomic E-state index is 0.235. The van der Waals surface area contributed by atoms with Crippen LogP contribution in [0.4, 0.5) is 5.69 Å². The van der Waals surface area contributed by atoms with Gasteiger partial charge in [0.25, 0.3) is 0 Å². The summed E-state index contributed by atoms with van der Waals surface area (Å²) in [5.74, 6) is 1.56. The van der Waals surface area contributed by atoms with Gasteiger partial charge in [-0.25, -0.2) is 4.98 Å². The average Bonchev–Trinajstić information content (AvgIpc) is 2.54. The molecule has 0 saturated heterocycles. The van der Waals surface area contributed by atoms with Crippen LogP contribution in [-0.2, 0) is 6.54 Å². The van der Waals surface area contributed by atoms with Crippen LogP contribution >= 0.6 is 0 Å². The predicted octanol–water partition coefficient (Wildman–Crippen LogP) is 3.79. The molecule has 98 valence electrons. The molecule has 0 saturated carbocycles. The van der Waals surface area contributed by atoms with E-state index in [1.807, 2.05) is 12.1 Å². The summed E-state index contributed by atoms with van der Waals surface area (Å²) in [6.07, 6.45) is 0. The smallest absolute Gasteiger partial charge is 0.112 e. The van der Waals surface area contributed by atoms with Crippen molar-refractivity contribution in [3.63, 3.8) is 0 Å². The quantitative estimate of drug-likeness (QED) is 0.818. The van der Waals surface area contributed by atoms with E-state index in [4.69, 9.17) is 10.7 Å². The highest BCUT2D eigenvalue weighted by Crippen LogP contribution is 2.27. The predicted molar refractivity (Wildman–Crippen MR) is 77.7 cm³/mol. The fourth-order valence-corrected chi connectivity index (χ4v) is 2.25. The number of anilines is 1. The van der Waals surface area contributed by atoms with Crippen molar-refractivity contribution in [1.29, 1.82) is 0 Å². The molecule has 3 heteroatoms. The largest absolute Gasteiger partial charge is 0.399 e. The number of nitrogens with two attached hydrogens (primary N) is 1. The molecule has 2 aromatic rings. The van der Waals surface area contributed by atoms with E-state index in [-0.39, 0.29) is 5.41 Å². The Kier molecular flexibility index (Phi) is 3.09. The monoisotopic (exact) mass is 245 g/mol. The van der Waals surface area contributed by atoms with Crippen LogP contribution in [0.2, 0.25) is 0 Å². The number of aromatic nitrogens is 2. The van der Waals surface area contributed by atoms with Crippen molar-refractivity contribution in [2.24, 2.45) is 5.41 Å². The third kappa shape index (κ3) is 2.50. The average molecular weight is 245 g/mol. The molecule has 0 aliphatic rings. The molecule has 0 unspecified atom stereocenters. The highest BCUT2D eigenvalue weighted by atomic mass is 15.1. The molecule has 2 N–H and O–H groups in total. The Morgan fingerprint density at radius 2 is 1.94 bits per heavy atom. The maximum Gasteiger partial charge on any atom is 0.112 e. The second-order valence-electron chi connectivity index (χ2n) is 6.52. The molecule has 1 aromatic heterocycles. The van der Waals surface area contributed by atoms with E-state index in [1.165, 1.54) is 5.52 Å². The van der Waals surface area contributed by atoms with E-state index in [0.29, 0.717) is 5.92 Å². The Morgan fingerprint density at radius 1 is 1.28 bits per heavy atom. The van der Waals surface area contributed by atoms with Crippen LogP contribution in [0, 0.1) is 5.41 Å². The van der Waals surface area contributed by atoms with Gasteiger partial charge in [0.1, 0.15) is 5.82 Å². The molecule has 0 bridgehead atoms. The van der Waals surface area contributed by atoms with Gasteiger partial charge in [-0.2, -0.15) is 0 Å². The zero-order valence-electron chi connectivity index (χ0n) is 12.0. The Labute approximate surface area is 109 Å². The third-order valence-electron chi connectivity index (χ3n) is 2.95. The number of benzene rings is 1. The second kappa shape index (κ2) is 4.30. The number of hydrogen-bond acceptors (Lipinski definition) is 2. The van der Waals surface area contributed by atoms with Crippen LogP contribution in [0.25, 0.3) is 11.0 Å². The van der Waals surface area contributed by atoms with Crippen LogP contribution in [0.5, 0.6) is 0 Å². The summed E-state index contributed by atoms with van der Waals surface area (Å²) in [4.78, 5) is 4.74. The third-order valence-corrected chi connectivity index (χ3v) is 2.95. The molecule has 2 rings (SSSR count). The molecule has 1 heterocycles. The summed E-state index contributed by atoms with van der Waals surface area (Å²) in [5, 5.41) is 0. The highest BCUT2D eigenvalue weighted by molar-refractivity contribution is 5.79. The summed E-state index contributed by atoms with van der Waals surface area (Å²) < 4.78 is 2.33. The van der Waals surface area contributed by atoms with E-state index >= 15 is 0 Å². The number of nitrogen functional groups attached to an aromatic ring is 1. The molecule has 1 aromatic carbocycles. The molecule has 0 atom stereocenters. The molecule has 18 heavy (non-hydrogen) atoms. The van der Waals surface area contributed by atoms with Gasteiger partial charge in [-0.05, 0) is 23.6 Å². The lowest BCUT2D eigenvalue weighted by molar-refractivity contribution is 0.341. The summed E-state index contributed by atoms with van der Waals surface area (Å²) >= 11 is 0. The van der Waals surface area contributed by atoms with Crippen molar-refractivity contribution in [3.8, 4) is 0 Å².